The van der Waals surface area contributed by atoms with Crippen LogP contribution in [0.4, 0.5) is 5.95 Å². The van der Waals surface area contributed by atoms with Crippen LogP contribution in [-0.2, 0) is 0 Å². The summed E-state index contributed by atoms with van der Waals surface area (Å²) in [6, 6.07) is 5.45. The van der Waals surface area contributed by atoms with Crippen molar-refractivity contribution in [2.45, 2.75) is 18.8 Å². The van der Waals surface area contributed by atoms with Gasteiger partial charge in [0, 0.05) is 33.1 Å². The van der Waals surface area contributed by atoms with Crippen LogP contribution >= 0.6 is 0 Å². The van der Waals surface area contributed by atoms with E-state index in [9.17, 15) is 4.79 Å². The number of carbonyl (C=O) groups is 1. The largest absolute Gasteiger partial charge is 0.344 e. The standard InChI is InChI=1S/C16H19N7O2/c1-22(2)16-17-14(25-20-16)10-6-8-23(9-7-10)15(24)11-4-3-5-12-13(11)19-21-18-12/h3-5,10H,6-9H2,1-2H3,(H,18,19,21). The molecule has 0 unspecified atom stereocenters. The van der Waals surface area contributed by atoms with Crippen molar-refractivity contribution in [1.82, 2.24) is 30.5 Å². The first-order valence-electron chi connectivity index (χ1n) is 8.23. The Kier molecular flexibility index (Phi) is 3.83. The lowest BCUT2D eigenvalue weighted by Gasteiger charge is -2.30. The second-order valence-electron chi connectivity index (χ2n) is 6.39. The van der Waals surface area contributed by atoms with Crippen molar-refractivity contribution in [2.75, 3.05) is 32.1 Å². The minimum absolute atomic E-state index is 0.0162. The quantitative estimate of drug-likeness (QED) is 0.768. The lowest BCUT2D eigenvalue weighted by Crippen LogP contribution is -2.38. The number of para-hydroxylation sites is 1. The van der Waals surface area contributed by atoms with Crippen LogP contribution in [0.25, 0.3) is 11.0 Å². The molecule has 25 heavy (non-hydrogen) atoms. The molecule has 0 spiro atoms. The van der Waals surface area contributed by atoms with E-state index in [-0.39, 0.29) is 11.8 Å². The third kappa shape index (κ3) is 2.81. The van der Waals surface area contributed by atoms with Gasteiger partial charge in [-0.3, -0.25) is 4.79 Å². The number of nitrogens with one attached hydrogen (secondary N) is 1. The van der Waals surface area contributed by atoms with Crippen LogP contribution < -0.4 is 4.90 Å². The number of hydrogen-bond donors (Lipinski definition) is 1. The number of nitrogens with zero attached hydrogens (tertiary/aromatic N) is 6. The van der Waals surface area contributed by atoms with E-state index in [1.165, 1.54) is 0 Å². The summed E-state index contributed by atoms with van der Waals surface area (Å²) in [4.78, 5) is 20.9. The Hall–Kier alpha value is -2.97. The first-order valence-corrected chi connectivity index (χ1v) is 8.23. The van der Waals surface area contributed by atoms with Gasteiger partial charge in [0.05, 0.1) is 5.56 Å². The van der Waals surface area contributed by atoms with Crippen molar-refractivity contribution in [3.05, 3.63) is 29.7 Å². The number of piperidine rings is 1. The van der Waals surface area contributed by atoms with Gasteiger partial charge in [0.15, 0.2) is 0 Å². The Balaban J connectivity index is 1.46. The van der Waals surface area contributed by atoms with Crippen molar-refractivity contribution in [3.63, 3.8) is 0 Å². The summed E-state index contributed by atoms with van der Waals surface area (Å²) in [5, 5.41) is 14.7. The second kappa shape index (κ2) is 6.15. The van der Waals surface area contributed by atoms with Crippen molar-refractivity contribution in [1.29, 1.82) is 0 Å². The van der Waals surface area contributed by atoms with Gasteiger partial charge < -0.3 is 14.3 Å². The van der Waals surface area contributed by atoms with E-state index in [1.807, 2.05) is 36.0 Å². The van der Waals surface area contributed by atoms with Gasteiger partial charge in [0.25, 0.3) is 11.9 Å². The molecule has 1 N–H and O–H groups in total. The fourth-order valence-electron chi connectivity index (χ4n) is 3.11. The lowest BCUT2D eigenvalue weighted by molar-refractivity contribution is 0.0706. The molecule has 1 aliphatic heterocycles. The molecule has 9 nitrogen and oxygen atoms in total. The van der Waals surface area contributed by atoms with E-state index in [2.05, 4.69) is 25.6 Å². The molecule has 130 valence electrons. The number of benzene rings is 1. The van der Waals surface area contributed by atoms with Gasteiger partial charge in [-0.1, -0.05) is 6.07 Å². The number of fused-ring (bicyclic) bond motifs is 1. The van der Waals surface area contributed by atoms with Gasteiger partial charge in [-0.25, -0.2) is 0 Å². The monoisotopic (exact) mass is 341 g/mol. The van der Waals surface area contributed by atoms with Crippen molar-refractivity contribution in [2.24, 2.45) is 0 Å². The highest BCUT2D eigenvalue weighted by molar-refractivity contribution is 6.04. The predicted molar refractivity (Wildman–Crippen MR) is 90.4 cm³/mol. The van der Waals surface area contributed by atoms with Crippen LogP contribution in [-0.4, -0.2) is 63.5 Å². The highest BCUT2D eigenvalue weighted by Gasteiger charge is 2.29. The molecule has 1 saturated heterocycles. The summed E-state index contributed by atoms with van der Waals surface area (Å²) < 4.78 is 5.36. The molecule has 2 aromatic heterocycles. The van der Waals surface area contributed by atoms with Crippen molar-refractivity contribution >= 4 is 22.9 Å². The van der Waals surface area contributed by atoms with Crippen LogP contribution in [0.5, 0.6) is 0 Å². The topological polar surface area (TPSA) is 104 Å². The van der Waals surface area contributed by atoms with Gasteiger partial charge in [-0.15, -0.1) is 0 Å². The molecule has 3 heterocycles. The molecule has 0 radical (unpaired) electrons. The summed E-state index contributed by atoms with van der Waals surface area (Å²) in [7, 11) is 3.75. The second-order valence-corrected chi connectivity index (χ2v) is 6.39. The fraction of sp³-hybridized carbons (Fsp3) is 0.438. The molecule has 0 atom stereocenters. The molecule has 0 aliphatic carbocycles. The first kappa shape index (κ1) is 15.6. The van der Waals surface area contributed by atoms with E-state index in [0.29, 0.717) is 41.5 Å². The van der Waals surface area contributed by atoms with Gasteiger partial charge in [-0.05, 0) is 30.1 Å². The van der Waals surface area contributed by atoms with E-state index in [1.54, 1.807) is 6.07 Å². The number of hydrogen-bond acceptors (Lipinski definition) is 7. The third-order valence-corrected chi connectivity index (χ3v) is 4.54. The van der Waals surface area contributed by atoms with E-state index in [0.717, 1.165) is 12.8 Å². The minimum atomic E-state index is -0.0162. The summed E-state index contributed by atoms with van der Waals surface area (Å²) in [6.07, 6.45) is 1.60. The molecule has 1 fully saturated rings. The molecule has 0 saturated carbocycles. The molecule has 4 rings (SSSR count). The van der Waals surface area contributed by atoms with Crippen LogP contribution in [0.1, 0.15) is 35.0 Å². The predicted octanol–water partition coefficient (Wildman–Crippen LogP) is 1.43. The number of anilines is 1. The Bertz CT molecular complexity index is 893. The lowest BCUT2D eigenvalue weighted by atomic mass is 9.96. The molecular weight excluding hydrogens is 322 g/mol. The van der Waals surface area contributed by atoms with E-state index >= 15 is 0 Å². The van der Waals surface area contributed by atoms with Gasteiger partial charge in [0.2, 0.25) is 5.89 Å². The first-order chi connectivity index (χ1) is 12.1. The maximum atomic E-state index is 12.8. The van der Waals surface area contributed by atoms with E-state index in [4.69, 9.17) is 4.52 Å². The number of H-pyrrole nitrogens is 1. The molecule has 0 bridgehead atoms. The molecule has 1 aromatic carbocycles. The third-order valence-electron chi connectivity index (χ3n) is 4.54. The van der Waals surface area contributed by atoms with Gasteiger partial charge in [-0.2, -0.15) is 20.4 Å². The Morgan fingerprint density at radius 1 is 1.28 bits per heavy atom. The number of likely N-dealkylation sites (tertiary alicyclic amines) is 1. The summed E-state index contributed by atoms with van der Waals surface area (Å²) in [6.45, 7) is 1.30. The van der Waals surface area contributed by atoms with Crippen molar-refractivity contribution in [3.8, 4) is 0 Å². The summed E-state index contributed by atoms with van der Waals surface area (Å²) in [5.74, 6) is 1.39. The average molecular weight is 341 g/mol. The SMILES string of the molecule is CN(C)c1noc(C2CCN(C(=O)c3cccc4n[nH]nc34)CC2)n1. The minimum Gasteiger partial charge on any atom is -0.344 e. The van der Waals surface area contributed by atoms with Crippen LogP contribution in [0.3, 0.4) is 0 Å². The maximum absolute atomic E-state index is 12.8. The average Bonchev–Trinajstić information content (AvgIpc) is 3.30. The Labute approximate surface area is 144 Å². The highest BCUT2D eigenvalue weighted by atomic mass is 16.5. The number of amides is 1. The van der Waals surface area contributed by atoms with E-state index < -0.39 is 0 Å². The molecule has 9 heteroatoms. The molecule has 3 aromatic rings. The fourth-order valence-corrected chi connectivity index (χ4v) is 3.11. The van der Waals surface area contributed by atoms with Gasteiger partial charge >= 0.3 is 0 Å². The van der Waals surface area contributed by atoms with Crippen LogP contribution in [0.2, 0.25) is 0 Å². The number of rotatable bonds is 3. The zero-order chi connectivity index (χ0) is 17.4. The van der Waals surface area contributed by atoms with Crippen molar-refractivity contribution < 1.29 is 9.32 Å². The summed E-state index contributed by atoms with van der Waals surface area (Å²) in [5.41, 5.74) is 1.89. The Morgan fingerprint density at radius 2 is 2.08 bits per heavy atom. The molecule has 1 amide bonds. The number of aromatic amines is 1. The highest BCUT2D eigenvalue weighted by Crippen LogP contribution is 2.29. The molecular formula is C16H19N7O2. The summed E-state index contributed by atoms with van der Waals surface area (Å²) >= 11 is 0. The number of carbonyl (C=O) groups excluding carboxylic acids is 1. The smallest absolute Gasteiger partial charge is 0.265 e. The zero-order valence-electron chi connectivity index (χ0n) is 14.1. The molecule has 1 aliphatic rings. The zero-order valence-corrected chi connectivity index (χ0v) is 14.1. The van der Waals surface area contributed by atoms with Crippen LogP contribution in [0.15, 0.2) is 22.7 Å². The normalized spacial score (nSPS) is 15.7. The maximum Gasteiger partial charge on any atom is 0.265 e. The van der Waals surface area contributed by atoms with Gasteiger partial charge in [0.1, 0.15) is 11.0 Å². The Morgan fingerprint density at radius 3 is 2.80 bits per heavy atom. The van der Waals surface area contributed by atoms with Crippen LogP contribution in [0, 0.1) is 0 Å². The number of aromatic nitrogens is 5.